The third-order valence-corrected chi connectivity index (χ3v) is 10.4. The number of rotatable bonds is 5. The molecule has 1 radical (unpaired) electrons. The molecule has 5 heteroatoms. The molecule has 0 fully saturated rings. The van der Waals surface area contributed by atoms with Crippen LogP contribution in [-0.2, 0) is 26.5 Å². The first-order chi connectivity index (χ1) is 22.5. The van der Waals surface area contributed by atoms with E-state index < -0.39 is 8.07 Å². The van der Waals surface area contributed by atoms with Crippen LogP contribution in [0.5, 0.6) is 0 Å². The molecule has 245 valence electrons. The van der Waals surface area contributed by atoms with Crippen molar-refractivity contribution in [3.63, 3.8) is 0 Å². The Bertz CT molecular complexity index is 2140. The number of furan rings is 1. The molecule has 7 rings (SSSR count). The van der Waals surface area contributed by atoms with Gasteiger partial charge < -0.3 is 14.4 Å². The Balaban J connectivity index is 0.000000214. The molecule has 3 nitrogen and oxygen atoms in total. The van der Waals surface area contributed by atoms with Gasteiger partial charge in [0.1, 0.15) is 5.58 Å². The van der Waals surface area contributed by atoms with Crippen LogP contribution in [-0.4, -0.2) is 18.0 Å². The number of hydrogen-bond acceptors (Lipinski definition) is 3. The molecule has 0 aliphatic heterocycles. The van der Waals surface area contributed by atoms with E-state index in [0.29, 0.717) is 0 Å². The van der Waals surface area contributed by atoms with Gasteiger partial charge in [-0.1, -0.05) is 111 Å². The van der Waals surface area contributed by atoms with Crippen LogP contribution in [0.3, 0.4) is 0 Å². The van der Waals surface area contributed by atoms with Gasteiger partial charge in [-0.3, -0.25) is 0 Å². The minimum absolute atomic E-state index is 0. The minimum atomic E-state index is -1.27. The number of hydrogen-bond donors (Lipinski definition) is 0. The van der Waals surface area contributed by atoms with Crippen LogP contribution < -0.4 is 5.19 Å². The zero-order valence-corrected chi connectivity index (χ0v) is 32.2. The van der Waals surface area contributed by atoms with E-state index in [4.69, 9.17) is 4.42 Å². The monoisotopic (exact) mass is 823 g/mol. The molecular formula is C43H42IrN2OSi-2. The van der Waals surface area contributed by atoms with Gasteiger partial charge >= 0.3 is 0 Å². The maximum absolute atomic E-state index is 6.30. The molecule has 0 saturated carbocycles. The first-order valence-electron chi connectivity index (χ1n) is 16.3. The summed E-state index contributed by atoms with van der Waals surface area (Å²) in [6, 6.07) is 41.9. The minimum Gasteiger partial charge on any atom is -0.501 e. The van der Waals surface area contributed by atoms with Crippen LogP contribution in [0.25, 0.3) is 55.6 Å². The molecule has 0 bridgehead atoms. The molecule has 0 N–H and O–H groups in total. The van der Waals surface area contributed by atoms with Gasteiger partial charge in [0, 0.05) is 37.9 Å². The van der Waals surface area contributed by atoms with Crippen LogP contribution in [0.15, 0.2) is 120 Å². The molecule has 0 amide bonds. The van der Waals surface area contributed by atoms with Crippen molar-refractivity contribution in [1.82, 2.24) is 9.97 Å². The molecule has 0 aliphatic rings. The van der Waals surface area contributed by atoms with E-state index in [1.54, 1.807) is 0 Å². The van der Waals surface area contributed by atoms with Crippen molar-refractivity contribution in [2.24, 2.45) is 5.41 Å². The van der Waals surface area contributed by atoms with Crippen LogP contribution in [0.4, 0.5) is 0 Å². The van der Waals surface area contributed by atoms with Crippen LogP contribution in [0, 0.1) is 24.5 Å². The maximum atomic E-state index is 6.30. The van der Waals surface area contributed by atoms with Crippen LogP contribution >= 0.6 is 0 Å². The van der Waals surface area contributed by atoms with Crippen molar-refractivity contribution in [2.45, 2.75) is 53.8 Å². The Hall–Kier alpha value is -4.15. The molecule has 3 aromatic heterocycles. The van der Waals surface area contributed by atoms with E-state index in [1.807, 2.05) is 36.5 Å². The van der Waals surface area contributed by atoms with Gasteiger partial charge in [-0.25, -0.2) is 0 Å². The molecule has 7 aromatic rings. The van der Waals surface area contributed by atoms with Crippen molar-refractivity contribution in [3.05, 3.63) is 139 Å². The second kappa shape index (κ2) is 14.5. The summed E-state index contributed by atoms with van der Waals surface area (Å²) in [4.78, 5) is 9.21. The summed E-state index contributed by atoms with van der Waals surface area (Å²) in [6.07, 6.45) is 4.94. The van der Waals surface area contributed by atoms with Gasteiger partial charge in [-0.15, -0.1) is 54.1 Å². The standard InChI is InChI=1S/C28H24NO.C15H18NSi.Ir/c1-28(2,3)18-19-14-15-29-25(16-19)23-11-7-10-22-24-17-21(20-8-5-4-6-9-20)12-13-26(24)30-27(22)23;1-12-10-14(13-8-6-5-7-9-13)16-11-15(12)17(2,3)4;/h4-10,12-17H,18H2,1-3H3;5-8,10-11H,1-4H3;/q2*-1;. The molecule has 0 aliphatic carbocycles. The van der Waals surface area contributed by atoms with Crippen molar-refractivity contribution >= 4 is 35.2 Å². The van der Waals surface area contributed by atoms with Gasteiger partial charge in [-0.05, 0) is 64.7 Å². The van der Waals surface area contributed by atoms with Crippen molar-refractivity contribution < 1.29 is 24.5 Å². The average Bonchev–Trinajstić information content (AvgIpc) is 3.43. The fraction of sp³-hybridized carbons (Fsp3) is 0.209. The smallest absolute Gasteiger partial charge is 0.120 e. The van der Waals surface area contributed by atoms with Gasteiger partial charge in [0.15, 0.2) is 0 Å². The fourth-order valence-electron chi connectivity index (χ4n) is 6.12. The first-order valence-corrected chi connectivity index (χ1v) is 19.8. The SMILES string of the molecule is CC(C)(C)Cc1ccnc(-c2[c-]ccc3c2oc2ccc(-c4ccccc4)cc23)c1.Cc1cc(-c2[c-]cccc2)ncc1[Si](C)(C)C.[Ir]. The maximum Gasteiger partial charge on any atom is 0.120 e. The molecule has 0 spiro atoms. The molecular weight excluding hydrogens is 781 g/mol. The summed E-state index contributed by atoms with van der Waals surface area (Å²) < 4.78 is 6.30. The molecule has 48 heavy (non-hydrogen) atoms. The van der Waals surface area contributed by atoms with E-state index in [9.17, 15) is 0 Å². The predicted molar refractivity (Wildman–Crippen MR) is 201 cm³/mol. The molecule has 0 atom stereocenters. The second-order valence-corrected chi connectivity index (χ2v) is 19.5. The number of fused-ring (bicyclic) bond motifs is 3. The van der Waals surface area contributed by atoms with Crippen LogP contribution in [0.1, 0.15) is 31.9 Å². The number of pyridine rings is 2. The largest absolute Gasteiger partial charge is 0.501 e. The van der Waals surface area contributed by atoms with E-state index in [1.165, 1.54) is 27.4 Å². The predicted octanol–water partition coefficient (Wildman–Crippen LogP) is 11.1. The normalized spacial score (nSPS) is 11.6. The third-order valence-electron chi connectivity index (χ3n) is 8.26. The summed E-state index contributed by atoms with van der Waals surface area (Å²) >= 11 is 0. The summed E-state index contributed by atoms with van der Waals surface area (Å²) in [5.41, 5.74) is 10.9. The van der Waals surface area contributed by atoms with Gasteiger partial charge in [0.2, 0.25) is 0 Å². The Kier molecular flexibility index (Phi) is 10.6. The summed E-state index contributed by atoms with van der Waals surface area (Å²) in [5, 5.41) is 3.66. The summed E-state index contributed by atoms with van der Waals surface area (Å²) in [5.74, 6) is 0. The Morgan fingerprint density at radius 1 is 0.729 bits per heavy atom. The number of aromatic nitrogens is 2. The number of aryl methyl sites for hydroxylation is 1. The van der Waals surface area contributed by atoms with Crippen molar-refractivity contribution in [1.29, 1.82) is 0 Å². The number of benzene rings is 4. The fourth-order valence-corrected chi connectivity index (χ4v) is 7.82. The van der Waals surface area contributed by atoms with Gasteiger partial charge in [0.05, 0.1) is 13.7 Å². The van der Waals surface area contributed by atoms with Crippen LogP contribution in [0.2, 0.25) is 19.6 Å². The third kappa shape index (κ3) is 8.10. The average molecular weight is 823 g/mol. The number of nitrogens with zero attached hydrogens (tertiary/aromatic N) is 2. The zero-order chi connectivity index (χ0) is 33.2. The van der Waals surface area contributed by atoms with E-state index in [-0.39, 0.29) is 25.5 Å². The van der Waals surface area contributed by atoms with Gasteiger partial charge in [-0.2, -0.15) is 0 Å². The topological polar surface area (TPSA) is 38.9 Å². The Morgan fingerprint density at radius 2 is 1.50 bits per heavy atom. The molecule has 0 unspecified atom stereocenters. The van der Waals surface area contributed by atoms with Crippen molar-refractivity contribution in [3.8, 4) is 33.6 Å². The van der Waals surface area contributed by atoms with Crippen molar-refractivity contribution in [2.75, 3.05) is 0 Å². The summed E-state index contributed by atoms with van der Waals surface area (Å²) in [7, 11) is -1.27. The summed E-state index contributed by atoms with van der Waals surface area (Å²) in [6.45, 7) is 16.0. The van der Waals surface area contributed by atoms with E-state index in [2.05, 4.69) is 148 Å². The molecule has 0 saturated heterocycles. The quantitative estimate of drug-likeness (QED) is 0.128. The Labute approximate surface area is 299 Å². The Morgan fingerprint density at radius 3 is 2.19 bits per heavy atom. The van der Waals surface area contributed by atoms with E-state index in [0.717, 1.165) is 50.9 Å². The second-order valence-electron chi connectivity index (χ2n) is 14.5. The first kappa shape index (κ1) is 35.2. The van der Waals surface area contributed by atoms with E-state index >= 15 is 0 Å². The molecule has 4 aromatic carbocycles. The zero-order valence-electron chi connectivity index (χ0n) is 28.8. The molecule has 3 heterocycles. The van der Waals surface area contributed by atoms with Gasteiger partial charge in [0.25, 0.3) is 0 Å².